The van der Waals surface area contributed by atoms with Gasteiger partial charge in [-0.1, -0.05) is 45.0 Å². The SMILES string of the molecule is CC(NC(=O)c1ccc(C(C)(C)C)cc1)c1ccc(C(N)=O)cc1. The average Bonchev–Trinajstić information content (AvgIpc) is 2.54. The van der Waals surface area contributed by atoms with E-state index < -0.39 is 5.91 Å². The first kappa shape index (κ1) is 17.7. The summed E-state index contributed by atoms with van der Waals surface area (Å²) in [5.41, 5.74) is 8.48. The van der Waals surface area contributed by atoms with E-state index in [0.29, 0.717) is 11.1 Å². The van der Waals surface area contributed by atoms with Crippen molar-refractivity contribution in [3.8, 4) is 0 Å². The van der Waals surface area contributed by atoms with Crippen LogP contribution in [0.5, 0.6) is 0 Å². The Kier molecular flexibility index (Phi) is 5.07. The molecule has 4 heteroatoms. The number of nitrogens with one attached hydrogen (secondary N) is 1. The minimum atomic E-state index is -0.461. The van der Waals surface area contributed by atoms with Gasteiger partial charge in [0.05, 0.1) is 6.04 Å². The fourth-order valence-corrected chi connectivity index (χ4v) is 2.42. The minimum Gasteiger partial charge on any atom is -0.366 e. The summed E-state index contributed by atoms with van der Waals surface area (Å²) in [6.07, 6.45) is 0. The maximum atomic E-state index is 12.4. The third-order valence-corrected chi connectivity index (χ3v) is 4.06. The van der Waals surface area contributed by atoms with Crippen LogP contribution in [0.3, 0.4) is 0 Å². The zero-order chi connectivity index (χ0) is 17.9. The lowest BCUT2D eigenvalue weighted by Crippen LogP contribution is -2.26. The summed E-state index contributed by atoms with van der Waals surface area (Å²) in [5.74, 6) is -0.584. The lowest BCUT2D eigenvalue weighted by molar-refractivity contribution is 0.0938. The number of carbonyl (C=O) groups is 2. The summed E-state index contributed by atoms with van der Waals surface area (Å²) < 4.78 is 0. The van der Waals surface area contributed by atoms with Gasteiger partial charge in [0.2, 0.25) is 5.91 Å². The van der Waals surface area contributed by atoms with Crippen LogP contribution in [0.2, 0.25) is 0 Å². The van der Waals surface area contributed by atoms with Crippen molar-refractivity contribution in [2.75, 3.05) is 0 Å². The van der Waals surface area contributed by atoms with E-state index >= 15 is 0 Å². The highest BCUT2D eigenvalue weighted by molar-refractivity contribution is 5.94. The highest BCUT2D eigenvalue weighted by Gasteiger charge is 2.15. The number of primary amides is 1. The van der Waals surface area contributed by atoms with Gasteiger partial charge in [-0.15, -0.1) is 0 Å². The standard InChI is InChI=1S/C20H24N2O2/c1-13(14-5-7-15(8-6-14)18(21)23)22-19(24)16-9-11-17(12-10-16)20(2,3)4/h5-13H,1-4H3,(H2,21,23)(H,22,24). The van der Waals surface area contributed by atoms with E-state index in [2.05, 4.69) is 26.1 Å². The molecule has 2 aromatic rings. The van der Waals surface area contributed by atoms with Crippen LogP contribution in [0.25, 0.3) is 0 Å². The molecule has 3 N–H and O–H groups in total. The van der Waals surface area contributed by atoms with Gasteiger partial charge in [-0.05, 0) is 47.7 Å². The first-order chi connectivity index (χ1) is 11.2. The fourth-order valence-electron chi connectivity index (χ4n) is 2.42. The second-order valence-corrected chi connectivity index (χ2v) is 7.01. The quantitative estimate of drug-likeness (QED) is 0.902. The summed E-state index contributed by atoms with van der Waals surface area (Å²) >= 11 is 0. The van der Waals surface area contributed by atoms with E-state index in [0.717, 1.165) is 5.56 Å². The third kappa shape index (κ3) is 4.22. The number of rotatable bonds is 4. The number of benzene rings is 2. The molecular formula is C20H24N2O2. The highest BCUT2D eigenvalue weighted by atomic mass is 16.2. The Labute approximate surface area is 143 Å². The molecule has 0 spiro atoms. The fraction of sp³-hybridized carbons (Fsp3) is 0.300. The molecule has 0 saturated carbocycles. The number of hydrogen-bond donors (Lipinski definition) is 2. The van der Waals surface area contributed by atoms with Gasteiger partial charge in [-0.3, -0.25) is 9.59 Å². The molecule has 0 aliphatic rings. The predicted octanol–water partition coefficient (Wildman–Crippen LogP) is 3.57. The van der Waals surface area contributed by atoms with Crippen molar-refractivity contribution < 1.29 is 9.59 Å². The largest absolute Gasteiger partial charge is 0.366 e. The first-order valence-corrected chi connectivity index (χ1v) is 7.99. The van der Waals surface area contributed by atoms with Gasteiger partial charge in [0.1, 0.15) is 0 Å². The smallest absolute Gasteiger partial charge is 0.251 e. The molecule has 0 fully saturated rings. The molecule has 0 aromatic heterocycles. The van der Waals surface area contributed by atoms with Crippen molar-refractivity contribution in [2.24, 2.45) is 5.73 Å². The zero-order valence-electron chi connectivity index (χ0n) is 14.6. The van der Waals surface area contributed by atoms with Crippen molar-refractivity contribution in [3.05, 3.63) is 70.8 Å². The monoisotopic (exact) mass is 324 g/mol. The van der Waals surface area contributed by atoms with Crippen molar-refractivity contribution in [2.45, 2.75) is 39.2 Å². The zero-order valence-corrected chi connectivity index (χ0v) is 14.6. The molecule has 2 aromatic carbocycles. The minimum absolute atomic E-state index is 0.0600. The Morgan fingerprint density at radius 2 is 1.42 bits per heavy atom. The van der Waals surface area contributed by atoms with E-state index in [1.165, 1.54) is 5.56 Å². The molecule has 0 aliphatic carbocycles. The van der Waals surface area contributed by atoms with E-state index in [4.69, 9.17) is 5.73 Å². The molecule has 1 atom stereocenters. The average molecular weight is 324 g/mol. The Hall–Kier alpha value is -2.62. The van der Waals surface area contributed by atoms with Gasteiger partial charge >= 0.3 is 0 Å². The molecule has 24 heavy (non-hydrogen) atoms. The summed E-state index contributed by atoms with van der Waals surface area (Å²) in [4.78, 5) is 23.5. The highest BCUT2D eigenvalue weighted by Crippen LogP contribution is 2.22. The summed E-state index contributed by atoms with van der Waals surface area (Å²) in [5, 5.41) is 2.96. The van der Waals surface area contributed by atoms with Crippen molar-refractivity contribution >= 4 is 11.8 Å². The van der Waals surface area contributed by atoms with Crippen LogP contribution in [0.4, 0.5) is 0 Å². The summed E-state index contributed by atoms with van der Waals surface area (Å²) in [7, 11) is 0. The van der Waals surface area contributed by atoms with Crippen molar-refractivity contribution in [1.82, 2.24) is 5.32 Å². The maximum Gasteiger partial charge on any atom is 0.251 e. The first-order valence-electron chi connectivity index (χ1n) is 7.99. The molecular weight excluding hydrogens is 300 g/mol. The number of hydrogen-bond acceptors (Lipinski definition) is 2. The lowest BCUT2D eigenvalue weighted by atomic mass is 9.86. The molecule has 0 radical (unpaired) electrons. The van der Waals surface area contributed by atoms with Gasteiger partial charge in [0, 0.05) is 11.1 Å². The van der Waals surface area contributed by atoms with E-state index in [1.54, 1.807) is 24.3 Å². The Bertz CT molecular complexity index is 726. The maximum absolute atomic E-state index is 12.4. The van der Waals surface area contributed by atoms with Crippen LogP contribution >= 0.6 is 0 Å². The van der Waals surface area contributed by atoms with E-state index in [9.17, 15) is 9.59 Å². The number of nitrogens with two attached hydrogens (primary N) is 1. The van der Waals surface area contributed by atoms with Crippen LogP contribution < -0.4 is 11.1 Å². The Morgan fingerprint density at radius 1 is 0.917 bits per heavy atom. The van der Waals surface area contributed by atoms with Gasteiger partial charge in [0.25, 0.3) is 5.91 Å². The van der Waals surface area contributed by atoms with E-state index in [1.807, 2.05) is 31.2 Å². The van der Waals surface area contributed by atoms with Gasteiger partial charge in [-0.2, -0.15) is 0 Å². The number of carbonyl (C=O) groups excluding carboxylic acids is 2. The second kappa shape index (κ2) is 6.87. The van der Waals surface area contributed by atoms with Crippen LogP contribution in [0.1, 0.15) is 65.6 Å². The van der Waals surface area contributed by atoms with E-state index in [-0.39, 0.29) is 17.4 Å². The third-order valence-electron chi connectivity index (χ3n) is 4.06. The molecule has 4 nitrogen and oxygen atoms in total. The van der Waals surface area contributed by atoms with Crippen LogP contribution in [0.15, 0.2) is 48.5 Å². The van der Waals surface area contributed by atoms with Crippen LogP contribution in [-0.4, -0.2) is 11.8 Å². The number of amides is 2. The molecule has 0 heterocycles. The molecule has 0 saturated heterocycles. The normalized spacial score (nSPS) is 12.5. The predicted molar refractivity (Wildman–Crippen MR) is 96.0 cm³/mol. The lowest BCUT2D eigenvalue weighted by Gasteiger charge is -2.19. The van der Waals surface area contributed by atoms with Crippen LogP contribution in [-0.2, 0) is 5.41 Å². The van der Waals surface area contributed by atoms with Gasteiger partial charge < -0.3 is 11.1 Å². The molecule has 2 amide bonds. The summed E-state index contributed by atoms with van der Waals surface area (Å²) in [6.45, 7) is 8.32. The topological polar surface area (TPSA) is 72.2 Å². The van der Waals surface area contributed by atoms with Crippen LogP contribution in [0, 0.1) is 0 Å². The molecule has 2 rings (SSSR count). The molecule has 126 valence electrons. The second-order valence-electron chi connectivity index (χ2n) is 7.01. The molecule has 0 aliphatic heterocycles. The Balaban J connectivity index is 2.07. The molecule has 1 unspecified atom stereocenters. The van der Waals surface area contributed by atoms with Gasteiger partial charge in [0.15, 0.2) is 0 Å². The van der Waals surface area contributed by atoms with Crippen molar-refractivity contribution in [1.29, 1.82) is 0 Å². The van der Waals surface area contributed by atoms with Gasteiger partial charge in [-0.25, -0.2) is 0 Å². The Morgan fingerprint density at radius 3 is 1.88 bits per heavy atom. The van der Waals surface area contributed by atoms with Crippen molar-refractivity contribution in [3.63, 3.8) is 0 Å². The summed E-state index contributed by atoms with van der Waals surface area (Å²) in [6, 6.07) is 14.4. The molecule has 0 bridgehead atoms.